The number of carbonyl (C=O) groups excluding carboxylic acids is 1. The molecular weight excluding hydrogens is 427 g/mol. The minimum Gasteiger partial charge on any atom is -0.493 e. The molecule has 2 aromatic carbocycles. The number of rotatable bonds is 9. The molecule has 1 N–H and O–H groups in total. The molecule has 152 valence electrons. The Bertz CT molecular complexity index is 937. The summed E-state index contributed by atoms with van der Waals surface area (Å²) in [6.07, 6.45) is 1.01. The molecule has 0 radical (unpaired) electrons. The van der Waals surface area contributed by atoms with Crippen molar-refractivity contribution >= 4 is 44.8 Å². The quantitative estimate of drug-likeness (QED) is 0.598. The van der Waals surface area contributed by atoms with E-state index >= 15 is 0 Å². The van der Waals surface area contributed by atoms with Gasteiger partial charge in [0.25, 0.3) is 0 Å². The number of amides is 1. The molecule has 0 aromatic heterocycles. The van der Waals surface area contributed by atoms with Crippen LogP contribution >= 0.6 is 23.2 Å². The van der Waals surface area contributed by atoms with Gasteiger partial charge in [-0.1, -0.05) is 35.3 Å². The van der Waals surface area contributed by atoms with Gasteiger partial charge in [-0.25, -0.2) is 8.42 Å². The first kappa shape index (κ1) is 22.1. The molecule has 0 saturated carbocycles. The second-order valence-corrected chi connectivity index (χ2v) is 8.44. The van der Waals surface area contributed by atoms with Crippen LogP contribution in [0, 0.1) is 0 Å². The van der Waals surface area contributed by atoms with Crippen molar-refractivity contribution in [3.8, 4) is 11.5 Å². The van der Waals surface area contributed by atoms with Crippen LogP contribution in [0.25, 0.3) is 0 Å². The van der Waals surface area contributed by atoms with Gasteiger partial charge in [0.2, 0.25) is 15.9 Å². The summed E-state index contributed by atoms with van der Waals surface area (Å²) >= 11 is 11.8. The molecular formula is C18H20Cl2N2O5S. The number of hydrogen-bond acceptors (Lipinski definition) is 5. The maximum absolute atomic E-state index is 12.2. The summed E-state index contributed by atoms with van der Waals surface area (Å²) in [6.45, 7) is -0.0148. The van der Waals surface area contributed by atoms with E-state index in [1.807, 2.05) is 6.07 Å². The fourth-order valence-electron chi connectivity index (χ4n) is 2.32. The summed E-state index contributed by atoms with van der Waals surface area (Å²) in [6, 6.07) is 11.5. The first-order valence-corrected chi connectivity index (χ1v) is 10.8. The Kier molecular flexibility index (Phi) is 7.79. The van der Waals surface area contributed by atoms with Crippen LogP contribution in [0.15, 0.2) is 42.5 Å². The highest BCUT2D eigenvalue weighted by molar-refractivity contribution is 7.92. The number of nitrogens with zero attached hydrogens (tertiary/aromatic N) is 1. The Morgan fingerprint density at radius 1 is 1.11 bits per heavy atom. The summed E-state index contributed by atoms with van der Waals surface area (Å²) in [4.78, 5) is 12.2. The molecule has 28 heavy (non-hydrogen) atoms. The molecule has 0 fully saturated rings. The molecule has 7 nitrogen and oxygen atoms in total. The molecule has 0 heterocycles. The Morgan fingerprint density at radius 3 is 2.39 bits per heavy atom. The van der Waals surface area contributed by atoms with Gasteiger partial charge in [0.15, 0.2) is 11.5 Å². The van der Waals surface area contributed by atoms with Crippen LogP contribution in [0.5, 0.6) is 11.5 Å². The third-order valence-corrected chi connectivity index (χ3v) is 5.51. The van der Waals surface area contributed by atoms with Crippen molar-refractivity contribution in [3.05, 3.63) is 52.5 Å². The predicted molar refractivity (Wildman–Crippen MR) is 110 cm³/mol. The maximum Gasteiger partial charge on any atom is 0.240 e. The minimum atomic E-state index is -3.70. The number of hydrogen-bond donors (Lipinski definition) is 1. The molecule has 0 atom stereocenters. The number of carbonyl (C=O) groups is 1. The summed E-state index contributed by atoms with van der Waals surface area (Å²) in [5, 5.41) is 3.10. The number of halogens is 2. The first-order valence-electron chi connectivity index (χ1n) is 8.17. The molecule has 2 rings (SSSR count). The van der Waals surface area contributed by atoms with Crippen molar-refractivity contribution in [1.29, 1.82) is 0 Å². The highest BCUT2D eigenvalue weighted by Gasteiger charge is 2.21. The number of nitrogens with one attached hydrogen (secondary N) is 1. The normalized spacial score (nSPS) is 11.0. The second kappa shape index (κ2) is 9.86. The molecule has 0 aliphatic rings. The van der Waals surface area contributed by atoms with Crippen LogP contribution in [0.2, 0.25) is 10.0 Å². The lowest BCUT2D eigenvalue weighted by Gasteiger charge is -2.22. The molecule has 0 aliphatic carbocycles. The smallest absolute Gasteiger partial charge is 0.240 e. The Balaban J connectivity index is 1.94. The minimum absolute atomic E-state index is 0.190. The molecule has 0 bridgehead atoms. The van der Waals surface area contributed by atoms with E-state index in [2.05, 4.69) is 5.32 Å². The first-order chi connectivity index (χ1) is 13.2. The van der Waals surface area contributed by atoms with Gasteiger partial charge < -0.3 is 14.8 Å². The van der Waals surface area contributed by atoms with Crippen molar-refractivity contribution in [2.75, 3.05) is 37.4 Å². The van der Waals surface area contributed by atoms with Crippen molar-refractivity contribution in [2.45, 2.75) is 0 Å². The van der Waals surface area contributed by atoms with Gasteiger partial charge in [-0.05, 0) is 30.3 Å². The molecule has 0 saturated heterocycles. The maximum atomic E-state index is 12.2. The van der Waals surface area contributed by atoms with Crippen molar-refractivity contribution in [2.24, 2.45) is 0 Å². The van der Waals surface area contributed by atoms with Crippen LogP contribution in [0.4, 0.5) is 5.69 Å². The van der Waals surface area contributed by atoms with Crippen molar-refractivity contribution in [1.82, 2.24) is 5.32 Å². The van der Waals surface area contributed by atoms with E-state index in [4.69, 9.17) is 32.7 Å². The van der Waals surface area contributed by atoms with E-state index in [1.54, 1.807) is 18.2 Å². The van der Waals surface area contributed by atoms with Gasteiger partial charge in [-0.2, -0.15) is 0 Å². The number of anilines is 1. The van der Waals surface area contributed by atoms with E-state index in [1.165, 1.54) is 25.3 Å². The number of methoxy groups -OCH3 is 1. The summed E-state index contributed by atoms with van der Waals surface area (Å²) in [7, 11) is -2.17. The molecule has 0 aliphatic heterocycles. The zero-order valence-corrected chi connectivity index (χ0v) is 17.6. The Labute approximate surface area is 174 Å². The number of sulfonamides is 1. The average Bonchev–Trinajstić information content (AvgIpc) is 2.65. The predicted octanol–water partition coefficient (Wildman–Crippen LogP) is 2.96. The second-order valence-electron chi connectivity index (χ2n) is 5.72. The summed E-state index contributed by atoms with van der Waals surface area (Å²) in [5.74, 6) is 0.643. The van der Waals surface area contributed by atoms with Gasteiger partial charge in [-0.3, -0.25) is 9.10 Å². The Morgan fingerprint density at radius 2 is 1.79 bits per heavy atom. The lowest BCUT2D eigenvalue weighted by atomic mass is 10.3. The van der Waals surface area contributed by atoms with Gasteiger partial charge >= 0.3 is 0 Å². The van der Waals surface area contributed by atoms with Gasteiger partial charge in [0, 0.05) is 0 Å². The average molecular weight is 447 g/mol. The number of benzene rings is 2. The lowest BCUT2D eigenvalue weighted by Crippen LogP contribution is -2.41. The zero-order valence-electron chi connectivity index (χ0n) is 15.3. The third kappa shape index (κ3) is 6.19. The van der Waals surface area contributed by atoms with Crippen LogP contribution in [-0.2, 0) is 14.8 Å². The van der Waals surface area contributed by atoms with Gasteiger partial charge in [-0.15, -0.1) is 0 Å². The van der Waals surface area contributed by atoms with Crippen LogP contribution in [0.1, 0.15) is 0 Å². The van der Waals surface area contributed by atoms with E-state index in [-0.39, 0.29) is 28.9 Å². The van der Waals surface area contributed by atoms with Gasteiger partial charge in [0.05, 0.1) is 35.6 Å². The molecule has 10 heteroatoms. The fourth-order valence-corrected chi connectivity index (χ4v) is 3.46. The highest BCUT2D eigenvalue weighted by Crippen LogP contribution is 2.28. The van der Waals surface area contributed by atoms with Crippen LogP contribution in [0.3, 0.4) is 0 Å². The Hall–Kier alpha value is -2.16. The molecule has 0 unspecified atom stereocenters. The monoisotopic (exact) mass is 446 g/mol. The van der Waals surface area contributed by atoms with Crippen LogP contribution < -0.4 is 19.1 Å². The van der Waals surface area contributed by atoms with Crippen molar-refractivity contribution in [3.63, 3.8) is 0 Å². The third-order valence-electron chi connectivity index (χ3n) is 3.63. The van der Waals surface area contributed by atoms with E-state index in [0.29, 0.717) is 11.5 Å². The number of ether oxygens (including phenoxy) is 2. The van der Waals surface area contributed by atoms with E-state index in [9.17, 15) is 13.2 Å². The highest BCUT2D eigenvalue weighted by atomic mass is 35.5. The largest absolute Gasteiger partial charge is 0.493 e. The van der Waals surface area contributed by atoms with Gasteiger partial charge in [0.1, 0.15) is 13.2 Å². The molecule has 2 aromatic rings. The SMILES string of the molecule is COc1ccccc1OCCNC(=O)CN(c1ccc(Cl)c(Cl)c1)S(C)(=O)=O. The van der Waals surface area contributed by atoms with E-state index < -0.39 is 22.5 Å². The zero-order chi connectivity index (χ0) is 20.7. The summed E-state index contributed by atoms with van der Waals surface area (Å²) < 4.78 is 35.8. The lowest BCUT2D eigenvalue weighted by molar-refractivity contribution is -0.119. The topological polar surface area (TPSA) is 84.9 Å². The number of para-hydroxylation sites is 2. The van der Waals surface area contributed by atoms with Crippen molar-refractivity contribution < 1.29 is 22.7 Å². The summed E-state index contributed by atoms with van der Waals surface area (Å²) in [5.41, 5.74) is 0.248. The van der Waals surface area contributed by atoms with Crippen LogP contribution in [-0.4, -0.2) is 47.4 Å². The molecule has 1 amide bonds. The standard InChI is InChI=1S/C18H20Cl2N2O5S/c1-26-16-5-3-4-6-17(16)27-10-9-21-18(23)12-22(28(2,24)25)13-7-8-14(19)15(20)11-13/h3-8,11H,9-10,12H2,1-2H3,(H,21,23). The fraction of sp³-hybridized carbons (Fsp3) is 0.278. The van der Waals surface area contributed by atoms with E-state index in [0.717, 1.165) is 10.6 Å². The molecule has 0 spiro atoms.